The van der Waals surface area contributed by atoms with Gasteiger partial charge >= 0.3 is 0 Å². The maximum absolute atomic E-state index is 12.6. The van der Waals surface area contributed by atoms with Crippen molar-refractivity contribution >= 4 is 18.1 Å². The summed E-state index contributed by atoms with van der Waals surface area (Å²) in [5.41, 5.74) is 1.55. The highest BCUT2D eigenvalue weighted by Gasteiger charge is 2.18. The van der Waals surface area contributed by atoms with E-state index in [9.17, 15) is 4.79 Å². The molecule has 0 bridgehead atoms. The van der Waals surface area contributed by atoms with Gasteiger partial charge in [-0.25, -0.2) is 9.50 Å². The number of aromatic amines is 1. The molecule has 0 unspecified atom stereocenters. The second kappa shape index (κ2) is 7.41. The molecular formula is C18H22N4O3S. The van der Waals surface area contributed by atoms with E-state index in [1.807, 2.05) is 13.8 Å². The summed E-state index contributed by atoms with van der Waals surface area (Å²) in [6, 6.07) is 3.53. The van der Waals surface area contributed by atoms with Crippen LogP contribution >= 0.6 is 12.6 Å². The molecule has 1 aromatic carbocycles. The third kappa shape index (κ3) is 3.16. The number of benzene rings is 1. The van der Waals surface area contributed by atoms with E-state index in [0.29, 0.717) is 45.6 Å². The number of nitrogens with zero attached hydrogens (tertiary/aromatic N) is 3. The van der Waals surface area contributed by atoms with Crippen LogP contribution in [0.4, 0.5) is 0 Å². The van der Waals surface area contributed by atoms with Gasteiger partial charge in [0, 0.05) is 17.4 Å². The molecule has 7 nitrogen and oxygen atoms in total. The maximum atomic E-state index is 12.6. The van der Waals surface area contributed by atoms with Crippen LogP contribution in [0, 0.1) is 6.92 Å². The summed E-state index contributed by atoms with van der Waals surface area (Å²) < 4.78 is 12.7. The van der Waals surface area contributed by atoms with E-state index >= 15 is 0 Å². The number of aryl methyl sites for hydroxylation is 2. The normalized spacial score (nSPS) is 11.1. The number of nitrogens with one attached hydrogen (secondary N) is 1. The summed E-state index contributed by atoms with van der Waals surface area (Å²) in [6.07, 6.45) is 1.65. The number of hydrogen-bond acceptors (Lipinski definition) is 6. The van der Waals surface area contributed by atoms with Crippen molar-refractivity contribution in [3.05, 3.63) is 34.0 Å². The minimum Gasteiger partial charge on any atom is -0.495 e. The summed E-state index contributed by atoms with van der Waals surface area (Å²) >= 11 is 4.45. The largest absolute Gasteiger partial charge is 0.495 e. The van der Waals surface area contributed by atoms with Crippen molar-refractivity contribution in [1.29, 1.82) is 0 Å². The average molecular weight is 374 g/mol. The van der Waals surface area contributed by atoms with Crippen LogP contribution in [-0.2, 0) is 6.42 Å². The summed E-state index contributed by atoms with van der Waals surface area (Å²) in [5.74, 6) is 2.33. The number of fused-ring (bicyclic) bond motifs is 1. The molecule has 3 rings (SSSR count). The van der Waals surface area contributed by atoms with Crippen LogP contribution in [0.25, 0.3) is 16.9 Å². The summed E-state index contributed by atoms with van der Waals surface area (Å²) in [4.78, 5) is 20.6. The van der Waals surface area contributed by atoms with Gasteiger partial charge in [0.2, 0.25) is 0 Å². The van der Waals surface area contributed by atoms with Gasteiger partial charge in [-0.2, -0.15) is 0 Å². The van der Waals surface area contributed by atoms with E-state index in [0.717, 1.165) is 18.7 Å². The van der Waals surface area contributed by atoms with Crippen molar-refractivity contribution in [2.75, 3.05) is 13.7 Å². The van der Waals surface area contributed by atoms with E-state index < -0.39 is 0 Å². The van der Waals surface area contributed by atoms with Gasteiger partial charge in [-0.05, 0) is 26.3 Å². The minimum absolute atomic E-state index is 0.235. The molecule has 0 aliphatic rings. The first-order valence-electron chi connectivity index (χ1n) is 8.52. The highest BCUT2D eigenvalue weighted by atomic mass is 32.1. The van der Waals surface area contributed by atoms with Crippen LogP contribution in [0.3, 0.4) is 0 Å². The van der Waals surface area contributed by atoms with Crippen LogP contribution in [0.2, 0.25) is 0 Å². The summed E-state index contributed by atoms with van der Waals surface area (Å²) in [7, 11) is 1.57. The lowest BCUT2D eigenvalue weighted by molar-refractivity contribution is 0.336. The Kier molecular flexibility index (Phi) is 5.22. The number of H-pyrrole nitrogens is 1. The molecule has 0 fully saturated rings. The lowest BCUT2D eigenvalue weighted by atomic mass is 10.1. The quantitative estimate of drug-likeness (QED) is 0.648. The molecule has 0 aliphatic carbocycles. The second-order valence-corrected chi connectivity index (χ2v) is 6.36. The van der Waals surface area contributed by atoms with Crippen LogP contribution in [0.5, 0.6) is 11.5 Å². The van der Waals surface area contributed by atoms with Crippen molar-refractivity contribution in [2.24, 2.45) is 0 Å². The van der Waals surface area contributed by atoms with E-state index in [2.05, 4.69) is 34.6 Å². The van der Waals surface area contributed by atoms with Crippen LogP contribution < -0.4 is 15.0 Å². The highest BCUT2D eigenvalue weighted by Crippen LogP contribution is 2.36. The predicted octanol–water partition coefficient (Wildman–Crippen LogP) is 3.04. The SMILES string of the molecule is CCCc1nc(C)c2c(=O)[nH]c(-c3cc(S)c(OC)cc3OCC)nn12. The average Bonchev–Trinajstić information content (AvgIpc) is 2.93. The van der Waals surface area contributed by atoms with E-state index in [1.165, 1.54) is 0 Å². The van der Waals surface area contributed by atoms with Gasteiger partial charge in [0.1, 0.15) is 17.3 Å². The van der Waals surface area contributed by atoms with Crippen LogP contribution in [0.15, 0.2) is 21.8 Å². The number of methoxy groups -OCH3 is 1. The zero-order valence-electron chi connectivity index (χ0n) is 15.3. The molecule has 0 saturated heterocycles. The lowest BCUT2D eigenvalue weighted by Crippen LogP contribution is -2.16. The molecule has 138 valence electrons. The first-order valence-corrected chi connectivity index (χ1v) is 8.97. The number of imidazole rings is 1. The highest BCUT2D eigenvalue weighted by molar-refractivity contribution is 7.80. The third-order valence-corrected chi connectivity index (χ3v) is 4.40. The van der Waals surface area contributed by atoms with E-state index in [1.54, 1.807) is 23.8 Å². The van der Waals surface area contributed by atoms with Gasteiger partial charge in [0.25, 0.3) is 5.56 Å². The molecule has 0 spiro atoms. The monoisotopic (exact) mass is 374 g/mol. The Morgan fingerprint density at radius 2 is 2.04 bits per heavy atom. The fourth-order valence-electron chi connectivity index (χ4n) is 2.92. The Bertz CT molecular complexity index is 1010. The van der Waals surface area contributed by atoms with Crippen molar-refractivity contribution in [2.45, 2.75) is 38.5 Å². The zero-order chi connectivity index (χ0) is 18.8. The number of aromatic nitrogens is 4. The van der Waals surface area contributed by atoms with Gasteiger partial charge in [-0.3, -0.25) is 4.79 Å². The molecular weight excluding hydrogens is 352 g/mol. The molecule has 0 saturated carbocycles. The molecule has 0 radical (unpaired) electrons. The predicted molar refractivity (Wildman–Crippen MR) is 103 cm³/mol. The van der Waals surface area contributed by atoms with E-state index in [-0.39, 0.29) is 5.56 Å². The number of thiol groups is 1. The van der Waals surface area contributed by atoms with Crippen molar-refractivity contribution in [1.82, 2.24) is 19.6 Å². The summed E-state index contributed by atoms with van der Waals surface area (Å²) in [6.45, 7) is 6.24. The molecule has 0 amide bonds. The van der Waals surface area contributed by atoms with Crippen LogP contribution in [-0.4, -0.2) is 33.3 Å². The fourth-order valence-corrected chi connectivity index (χ4v) is 3.20. The first-order chi connectivity index (χ1) is 12.5. The van der Waals surface area contributed by atoms with Gasteiger partial charge < -0.3 is 14.5 Å². The fraction of sp³-hybridized carbons (Fsp3) is 0.389. The van der Waals surface area contributed by atoms with Gasteiger partial charge in [-0.1, -0.05) is 6.92 Å². The topological polar surface area (TPSA) is 81.5 Å². The van der Waals surface area contributed by atoms with Crippen molar-refractivity contribution < 1.29 is 9.47 Å². The molecule has 8 heteroatoms. The number of rotatable bonds is 6. The van der Waals surface area contributed by atoms with Crippen molar-refractivity contribution in [3.63, 3.8) is 0 Å². The smallest absolute Gasteiger partial charge is 0.277 e. The standard InChI is InChI=1S/C18H22N4O3S/c1-5-7-15-19-10(3)16-18(23)20-17(21-22(15)16)11-8-14(26)13(24-4)9-12(11)25-6-2/h8-9,26H,5-7H2,1-4H3,(H,20,21,23). The Morgan fingerprint density at radius 3 is 2.69 bits per heavy atom. The van der Waals surface area contributed by atoms with Crippen molar-refractivity contribution in [3.8, 4) is 22.9 Å². The zero-order valence-corrected chi connectivity index (χ0v) is 16.2. The number of hydrogen-bond donors (Lipinski definition) is 2. The number of ether oxygens (including phenoxy) is 2. The van der Waals surface area contributed by atoms with Gasteiger partial charge in [0.05, 0.1) is 25.0 Å². The Balaban J connectivity index is 2.27. The Hall–Kier alpha value is -2.48. The molecule has 0 aliphatic heterocycles. The maximum Gasteiger partial charge on any atom is 0.277 e. The third-order valence-electron chi connectivity index (χ3n) is 4.05. The van der Waals surface area contributed by atoms with E-state index in [4.69, 9.17) is 9.47 Å². The Labute approximate surface area is 156 Å². The van der Waals surface area contributed by atoms with Crippen LogP contribution in [0.1, 0.15) is 31.8 Å². The Morgan fingerprint density at radius 1 is 1.27 bits per heavy atom. The second-order valence-electron chi connectivity index (χ2n) is 5.88. The minimum atomic E-state index is -0.235. The van der Waals surface area contributed by atoms with Gasteiger partial charge in [0.15, 0.2) is 11.3 Å². The molecule has 1 N–H and O–H groups in total. The molecule has 26 heavy (non-hydrogen) atoms. The molecule has 2 heterocycles. The summed E-state index contributed by atoms with van der Waals surface area (Å²) in [5, 5.41) is 4.63. The molecule has 3 aromatic rings. The van der Waals surface area contributed by atoms with Gasteiger partial charge in [-0.15, -0.1) is 17.7 Å². The molecule has 0 atom stereocenters. The lowest BCUT2D eigenvalue weighted by Gasteiger charge is -2.13. The first kappa shape index (κ1) is 18.3. The molecule has 2 aromatic heterocycles.